The van der Waals surface area contributed by atoms with E-state index in [1.807, 2.05) is 7.05 Å². The van der Waals surface area contributed by atoms with Gasteiger partial charge in [0.2, 0.25) is 0 Å². The Morgan fingerprint density at radius 3 is 2.16 bits per heavy atom. The zero-order valence-electron chi connectivity index (χ0n) is 12.7. The normalized spacial score (nSPS) is 18.9. The van der Waals surface area contributed by atoms with Crippen molar-refractivity contribution in [3.8, 4) is 0 Å². The van der Waals surface area contributed by atoms with Gasteiger partial charge in [-0.1, -0.05) is 37.8 Å². The molecule has 1 aromatic carbocycles. The molecule has 106 valence electrons. The third kappa shape index (κ3) is 3.73. The van der Waals surface area contributed by atoms with Gasteiger partial charge in [-0.05, 0) is 44.5 Å². The fourth-order valence-electron chi connectivity index (χ4n) is 3.02. The molecule has 1 aliphatic carbocycles. The van der Waals surface area contributed by atoms with Crippen LogP contribution in [-0.4, -0.2) is 20.1 Å². The first kappa shape index (κ1) is 14.4. The summed E-state index contributed by atoms with van der Waals surface area (Å²) in [5.41, 5.74) is 2.72. The van der Waals surface area contributed by atoms with E-state index in [4.69, 9.17) is 0 Å². The molecule has 1 atom stereocenters. The average Bonchev–Trinajstić information content (AvgIpc) is 2.75. The van der Waals surface area contributed by atoms with Crippen molar-refractivity contribution in [1.29, 1.82) is 0 Å². The highest BCUT2D eigenvalue weighted by Crippen LogP contribution is 2.26. The molecule has 1 fully saturated rings. The van der Waals surface area contributed by atoms with E-state index in [1.54, 1.807) is 0 Å². The fraction of sp³-hybridized carbons (Fsp3) is 0.647. The second kappa shape index (κ2) is 6.95. The Morgan fingerprint density at radius 2 is 1.63 bits per heavy atom. The van der Waals surface area contributed by atoms with E-state index < -0.39 is 0 Å². The van der Waals surface area contributed by atoms with Gasteiger partial charge in [-0.15, -0.1) is 0 Å². The highest BCUT2D eigenvalue weighted by molar-refractivity contribution is 5.48. The van der Waals surface area contributed by atoms with Gasteiger partial charge in [-0.3, -0.25) is 0 Å². The lowest BCUT2D eigenvalue weighted by atomic mass is 10.0. The lowest BCUT2D eigenvalue weighted by Crippen LogP contribution is -2.31. The molecule has 2 nitrogen and oxygen atoms in total. The van der Waals surface area contributed by atoms with E-state index >= 15 is 0 Å². The summed E-state index contributed by atoms with van der Waals surface area (Å²) < 4.78 is 0. The van der Waals surface area contributed by atoms with Gasteiger partial charge in [0.15, 0.2) is 0 Å². The minimum atomic E-state index is 0.428. The molecular formula is C17H28N2. The monoisotopic (exact) mass is 260 g/mol. The number of rotatable bonds is 4. The van der Waals surface area contributed by atoms with Gasteiger partial charge in [0.1, 0.15) is 0 Å². The van der Waals surface area contributed by atoms with Crippen LogP contribution < -0.4 is 10.2 Å². The maximum atomic E-state index is 3.29. The van der Waals surface area contributed by atoms with E-state index in [-0.39, 0.29) is 0 Å². The molecule has 0 heterocycles. The molecule has 0 aromatic heterocycles. The summed E-state index contributed by atoms with van der Waals surface area (Å²) >= 11 is 0. The molecule has 1 unspecified atom stereocenters. The lowest BCUT2D eigenvalue weighted by Gasteiger charge is -2.29. The molecule has 19 heavy (non-hydrogen) atoms. The molecule has 1 aliphatic rings. The first-order valence-corrected chi connectivity index (χ1v) is 7.72. The van der Waals surface area contributed by atoms with E-state index in [0.29, 0.717) is 6.04 Å². The third-order valence-electron chi connectivity index (χ3n) is 4.61. The van der Waals surface area contributed by atoms with Crippen molar-refractivity contribution in [2.45, 2.75) is 57.5 Å². The Kier molecular flexibility index (Phi) is 5.26. The molecule has 2 rings (SSSR count). The fourth-order valence-corrected chi connectivity index (χ4v) is 3.02. The minimum absolute atomic E-state index is 0.428. The summed E-state index contributed by atoms with van der Waals surface area (Å²) in [4.78, 5) is 2.49. The Labute approximate surface area is 118 Å². The highest BCUT2D eigenvalue weighted by Gasteiger charge is 2.17. The van der Waals surface area contributed by atoms with Gasteiger partial charge < -0.3 is 10.2 Å². The number of benzene rings is 1. The summed E-state index contributed by atoms with van der Waals surface area (Å²) in [7, 11) is 4.27. The zero-order chi connectivity index (χ0) is 13.7. The maximum Gasteiger partial charge on any atom is 0.0366 e. The molecule has 0 spiro atoms. The summed E-state index contributed by atoms with van der Waals surface area (Å²) in [5.74, 6) is 0. The van der Waals surface area contributed by atoms with Crippen LogP contribution in [-0.2, 0) is 0 Å². The Morgan fingerprint density at radius 1 is 1.05 bits per heavy atom. The molecule has 0 bridgehead atoms. The summed E-state index contributed by atoms with van der Waals surface area (Å²) in [6.07, 6.45) is 8.33. The topological polar surface area (TPSA) is 15.3 Å². The number of nitrogens with zero attached hydrogens (tertiary/aromatic N) is 1. The summed E-state index contributed by atoms with van der Waals surface area (Å²) in [6, 6.07) is 10.2. The maximum absolute atomic E-state index is 3.29. The van der Waals surface area contributed by atoms with Crippen LogP contribution in [0.25, 0.3) is 0 Å². The molecule has 2 heteroatoms. The van der Waals surface area contributed by atoms with Crippen LogP contribution in [0.3, 0.4) is 0 Å². The molecule has 0 amide bonds. The predicted octanol–water partition coefficient (Wildman–Crippen LogP) is 4.13. The van der Waals surface area contributed by atoms with Gasteiger partial charge in [-0.2, -0.15) is 0 Å². The molecule has 1 N–H and O–H groups in total. The Hall–Kier alpha value is -1.02. The lowest BCUT2D eigenvalue weighted by molar-refractivity contribution is 0.553. The van der Waals surface area contributed by atoms with Gasteiger partial charge in [0.25, 0.3) is 0 Å². The standard InChI is InChI=1S/C17H28N2/c1-14(18-2)15-10-12-17(13-11-15)19(3)16-8-6-4-5-7-9-16/h10-14,16,18H,4-9H2,1-3H3. The SMILES string of the molecule is CNC(C)c1ccc(N(C)C2CCCCCC2)cc1. The molecule has 0 aliphatic heterocycles. The van der Waals surface area contributed by atoms with Crippen LogP contribution in [0.5, 0.6) is 0 Å². The minimum Gasteiger partial charge on any atom is -0.372 e. The van der Waals surface area contributed by atoms with Crippen LogP contribution in [0.1, 0.15) is 57.1 Å². The average molecular weight is 260 g/mol. The van der Waals surface area contributed by atoms with Crippen LogP contribution in [0.2, 0.25) is 0 Å². The number of hydrogen-bond donors (Lipinski definition) is 1. The van der Waals surface area contributed by atoms with Gasteiger partial charge in [0.05, 0.1) is 0 Å². The van der Waals surface area contributed by atoms with Crippen molar-refractivity contribution in [1.82, 2.24) is 5.32 Å². The first-order valence-electron chi connectivity index (χ1n) is 7.72. The smallest absolute Gasteiger partial charge is 0.0366 e. The van der Waals surface area contributed by atoms with Gasteiger partial charge in [0, 0.05) is 24.8 Å². The van der Waals surface area contributed by atoms with Crippen molar-refractivity contribution in [2.24, 2.45) is 0 Å². The molecule has 0 radical (unpaired) electrons. The van der Waals surface area contributed by atoms with Crippen LogP contribution in [0.15, 0.2) is 24.3 Å². The van der Waals surface area contributed by atoms with Crippen LogP contribution in [0.4, 0.5) is 5.69 Å². The number of anilines is 1. The van der Waals surface area contributed by atoms with Crippen molar-refractivity contribution in [3.05, 3.63) is 29.8 Å². The summed E-state index contributed by atoms with van der Waals surface area (Å²) in [6.45, 7) is 2.20. The van der Waals surface area contributed by atoms with Crippen molar-refractivity contribution < 1.29 is 0 Å². The van der Waals surface area contributed by atoms with Gasteiger partial charge in [-0.25, -0.2) is 0 Å². The second-order valence-corrected chi connectivity index (χ2v) is 5.86. The van der Waals surface area contributed by atoms with Gasteiger partial charge >= 0.3 is 0 Å². The zero-order valence-corrected chi connectivity index (χ0v) is 12.7. The van der Waals surface area contributed by atoms with Crippen LogP contribution >= 0.6 is 0 Å². The molecule has 1 saturated carbocycles. The summed E-state index contributed by atoms with van der Waals surface area (Å²) in [5, 5.41) is 3.29. The van der Waals surface area contributed by atoms with E-state index in [9.17, 15) is 0 Å². The quantitative estimate of drug-likeness (QED) is 0.819. The van der Waals surface area contributed by atoms with E-state index in [0.717, 1.165) is 6.04 Å². The molecule has 1 aromatic rings. The van der Waals surface area contributed by atoms with Crippen LogP contribution in [0, 0.1) is 0 Å². The Bertz CT molecular complexity index is 363. The van der Waals surface area contributed by atoms with Crippen molar-refractivity contribution >= 4 is 5.69 Å². The third-order valence-corrected chi connectivity index (χ3v) is 4.61. The van der Waals surface area contributed by atoms with Crippen molar-refractivity contribution in [2.75, 3.05) is 19.0 Å². The highest BCUT2D eigenvalue weighted by atomic mass is 15.1. The van der Waals surface area contributed by atoms with E-state index in [1.165, 1.54) is 49.8 Å². The first-order chi connectivity index (χ1) is 9.22. The second-order valence-electron chi connectivity index (χ2n) is 5.86. The Balaban J connectivity index is 2.03. The molecular weight excluding hydrogens is 232 g/mol. The largest absolute Gasteiger partial charge is 0.372 e. The number of nitrogens with one attached hydrogen (secondary N) is 1. The van der Waals surface area contributed by atoms with E-state index in [2.05, 4.69) is 48.5 Å². The molecule has 0 saturated heterocycles. The van der Waals surface area contributed by atoms with Crippen molar-refractivity contribution in [3.63, 3.8) is 0 Å². The predicted molar refractivity (Wildman–Crippen MR) is 83.8 cm³/mol. The number of hydrogen-bond acceptors (Lipinski definition) is 2.